The van der Waals surface area contributed by atoms with Crippen molar-refractivity contribution in [1.82, 2.24) is 5.32 Å². The van der Waals surface area contributed by atoms with Gasteiger partial charge in [0.25, 0.3) is 0 Å². The van der Waals surface area contributed by atoms with E-state index in [0.29, 0.717) is 67.1 Å². The summed E-state index contributed by atoms with van der Waals surface area (Å²) < 4.78 is 6.01. The first-order valence-electron chi connectivity index (χ1n) is 11.2. The van der Waals surface area contributed by atoms with Gasteiger partial charge in [-0.05, 0) is 74.9 Å². The number of rotatable bonds is 9. The zero-order chi connectivity index (χ0) is 23.8. The average Bonchev–Trinajstić information content (AvgIpc) is 2.78. The first-order chi connectivity index (χ1) is 15.8. The lowest BCUT2D eigenvalue weighted by Gasteiger charge is -2.27. The second-order valence-corrected chi connectivity index (χ2v) is 8.70. The number of benzene rings is 2. The molecule has 1 aliphatic carbocycles. The van der Waals surface area contributed by atoms with Gasteiger partial charge < -0.3 is 20.5 Å². The molecule has 2 amide bonds. The Kier molecular flexibility index (Phi) is 8.72. The molecule has 0 unspecified atom stereocenters. The quantitative estimate of drug-likeness (QED) is 0.332. The smallest absolute Gasteiger partial charge is 0.319 e. The highest BCUT2D eigenvalue weighted by Crippen LogP contribution is 2.29. The molecular formula is C25H29ClN2O5. The number of carbonyl (C=O) groups is 3. The first-order valence-corrected chi connectivity index (χ1v) is 11.5. The number of Topliss-reactive ketones (excluding diaryl/α,β-unsaturated/α-hetero) is 1. The molecule has 0 saturated heterocycles. The number of amides is 2. The Bertz CT molecular complexity index is 1000. The summed E-state index contributed by atoms with van der Waals surface area (Å²) in [6.45, 7) is 2.23. The number of hydrogen-bond donors (Lipinski definition) is 3. The Hall–Kier alpha value is -3.06. The van der Waals surface area contributed by atoms with Crippen LogP contribution in [0.4, 0.5) is 10.5 Å². The van der Waals surface area contributed by atoms with Crippen LogP contribution in [0.3, 0.4) is 0 Å². The summed E-state index contributed by atoms with van der Waals surface area (Å²) in [5.74, 6) is -0.304. The summed E-state index contributed by atoms with van der Waals surface area (Å²) in [4.78, 5) is 35.7. The lowest BCUT2D eigenvalue weighted by molar-refractivity contribution is -0.143. The predicted molar refractivity (Wildman–Crippen MR) is 127 cm³/mol. The van der Waals surface area contributed by atoms with Gasteiger partial charge in [0.1, 0.15) is 5.75 Å². The molecule has 0 aliphatic heterocycles. The Morgan fingerprint density at radius 2 is 1.82 bits per heavy atom. The summed E-state index contributed by atoms with van der Waals surface area (Å²) in [5, 5.41) is 15.0. The Labute approximate surface area is 198 Å². The number of anilines is 1. The van der Waals surface area contributed by atoms with Crippen LogP contribution in [0, 0.1) is 12.8 Å². The van der Waals surface area contributed by atoms with Crippen LogP contribution in [0.2, 0.25) is 5.02 Å². The van der Waals surface area contributed by atoms with Crippen molar-refractivity contribution in [3.63, 3.8) is 0 Å². The van der Waals surface area contributed by atoms with E-state index in [2.05, 4.69) is 10.6 Å². The fourth-order valence-corrected chi connectivity index (χ4v) is 4.14. The van der Waals surface area contributed by atoms with Crippen LogP contribution in [0.25, 0.3) is 0 Å². The summed E-state index contributed by atoms with van der Waals surface area (Å²) in [6.07, 6.45) is 3.51. The van der Waals surface area contributed by atoms with Crippen molar-refractivity contribution in [2.45, 2.75) is 51.6 Å². The van der Waals surface area contributed by atoms with Gasteiger partial charge in [-0.15, -0.1) is 0 Å². The average molecular weight is 473 g/mol. The summed E-state index contributed by atoms with van der Waals surface area (Å²) in [5.41, 5.74) is 2.00. The highest BCUT2D eigenvalue weighted by Gasteiger charge is 2.27. The fourth-order valence-electron chi connectivity index (χ4n) is 3.96. The summed E-state index contributed by atoms with van der Waals surface area (Å²) in [7, 11) is 0. The van der Waals surface area contributed by atoms with E-state index in [0.717, 1.165) is 5.56 Å². The number of ketones is 1. The molecule has 0 atom stereocenters. The number of nitrogens with one attached hydrogen (secondary N) is 2. The van der Waals surface area contributed by atoms with Gasteiger partial charge in [0.2, 0.25) is 0 Å². The number of aliphatic carboxylic acids is 1. The molecular weight excluding hydrogens is 444 g/mol. The molecule has 0 aromatic heterocycles. The van der Waals surface area contributed by atoms with Crippen LogP contribution in [0.15, 0.2) is 42.5 Å². The van der Waals surface area contributed by atoms with Crippen molar-refractivity contribution in [1.29, 1.82) is 0 Å². The molecule has 0 heterocycles. The molecule has 0 bridgehead atoms. The molecule has 1 fully saturated rings. The number of halogens is 1. The van der Waals surface area contributed by atoms with Gasteiger partial charge in [-0.2, -0.15) is 0 Å². The maximum absolute atomic E-state index is 12.6. The first kappa shape index (κ1) is 24.6. The second-order valence-electron chi connectivity index (χ2n) is 8.29. The van der Waals surface area contributed by atoms with E-state index < -0.39 is 5.97 Å². The zero-order valence-electron chi connectivity index (χ0n) is 18.6. The van der Waals surface area contributed by atoms with E-state index in [9.17, 15) is 14.4 Å². The van der Waals surface area contributed by atoms with Crippen LogP contribution < -0.4 is 15.4 Å². The van der Waals surface area contributed by atoms with E-state index >= 15 is 0 Å². The van der Waals surface area contributed by atoms with E-state index in [1.165, 1.54) is 0 Å². The van der Waals surface area contributed by atoms with Crippen LogP contribution >= 0.6 is 11.6 Å². The van der Waals surface area contributed by atoms with Crippen molar-refractivity contribution >= 4 is 35.1 Å². The second kappa shape index (κ2) is 11.7. The molecule has 7 nitrogen and oxygen atoms in total. The van der Waals surface area contributed by atoms with E-state index in [4.69, 9.17) is 21.4 Å². The standard InChI is InChI=1S/C25H29ClN2O5/c1-16-15-19(33-18-10-8-17(9-11-18)24(30)31)12-13-20(16)23(29)7-4-14-27-25(32)28-22-6-3-2-5-21(22)26/h2-3,5-6,12-13,15,17-18H,4,7-11,14H2,1H3,(H,30,31)(H2,27,28,32). The Morgan fingerprint density at radius 3 is 2.48 bits per heavy atom. The van der Waals surface area contributed by atoms with Gasteiger partial charge in [-0.1, -0.05) is 23.7 Å². The van der Waals surface area contributed by atoms with Crippen molar-refractivity contribution in [2.24, 2.45) is 5.92 Å². The van der Waals surface area contributed by atoms with E-state index in [-0.39, 0.29) is 23.8 Å². The van der Waals surface area contributed by atoms with Gasteiger partial charge in [0, 0.05) is 18.5 Å². The molecule has 2 aromatic rings. The number of ether oxygens (including phenoxy) is 1. The minimum Gasteiger partial charge on any atom is -0.490 e. The van der Waals surface area contributed by atoms with Crippen molar-refractivity contribution in [3.05, 3.63) is 58.6 Å². The third-order valence-corrected chi connectivity index (χ3v) is 6.14. The fraction of sp³-hybridized carbons (Fsp3) is 0.400. The molecule has 3 N–H and O–H groups in total. The molecule has 2 aromatic carbocycles. The van der Waals surface area contributed by atoms with Crippen LogP contribution in [0.5, 0.6) is 5.75 Å². The number of carboxylic acids is 1. The zero-order valence-corrected chi connectivity index (χ0v) is 19.4. The van der Waals surface area contributed by atoms with Crippen LogP contribution in [-0.4, -0.2) is 35.5 Å². The number of para-hydroxylation sites is 1. The number of aryl methyl sites for hydroxylation is 1. The topological polar surface area (TPSA) is 105 Å². The third-order valence-electron chi connectivity index (χ3n) is 5.81. The number of carbonyl (C=O) groups excluding carboxylic acids is 2. The third kappa shape index (κ3) is 7.22. The Balaban J connectivity index is 1.41. The van der Waals surface area contributed by atoms with E-state index in [1.807, 2.05) is 13.0 Å². The lowest BCUT2D eigenvalue weighted by atomic mass is 9.87. The van der Waals surface area contributed by atoms with Gasteiger partial charge in [0.15, 0.2) is 5.78 Å². The van der Waals surface area contributed by atoms with Crippen LogP contribution in [-0.2, 0) is 4.79 Å². The van der Waals surface area contributed by atoms with Gasteiger partial charge >= 0.3 is 12.0 Å². The SMILES string of the molecule is Cc1cc(OC2CCC(C(=O)O)CC2)ccc1C(=O)CCCNC(=O)Nc1ccccc1Cl. The molecule has 1 aliphatic rings. The number of urea groups is 1. The highest BCUT2D eigenvalue weighted by molar-refractivity contribution is 6.33. The predicted octanol–water partition coefficient (Wildman–Crippen LogP) is 5.46. The largest absolute Gasteiger partial charge is 0.490 e. The maximum atomic E-state index is 12.6. The van der Waals surface area contributed by atoms with Crippen molar-refractivity contribution in [3.8, 4) is 5.75 Å². The van der Waals surface area contributed by atoms with Gasteiger partial charge in [-0.25, -0.2) is 4.79 Å². The van der Waals surface area contributed by atoms with Crippen molar-refractivity contribution < 1.29 is 24.2 Å². The highest BCUT2D eigenvalue weighted by atomic mass is 35.5. The summed E-state index contributed by atoms with van der Waals surface area (Å²) in [6, 6.07) is 12.0. The maximum Gasteiger partial charge on any atom is 0.319 e. The molecule has 0 radical (unpaired) electrons. The molecule has 0 spiro atoms. The van der Waals surface area contributed by atoms with Gasteiger partial charge in [0.05, 0.1) is 22.7 Å². The molecule has 1 saturated carbocycles. The molecule has 8 heteroatoms. The number of hydrogen-bond acceptors (Lipinski definition) is 4. The summed E-state index contributed by atoms with van der Waals surface area (Å²) >= 11 is 6.02. The Morgan fingerprint density at radius 1 is 1.09 bits per heavy atom. The minimum absolute atomic E-state index is 0.00420. The van der Waals surface area contributed by atoms with Crippen LogP contribution in [0.1, 0.15) is 54.4 Å². The molecule has 176 valence electrons. The lowest BCUT2D eigenvalue weighted by Crippen LogP contribution is -2.29. The molecule has 3 rings (SSSR count). The van der Waals surface area contributed by atoms with E-state index in [1.54, 1.807) is 36.4 Å². The number of carboxylic acid groups (broad SMARTS) is 1. The normalized spacial score (nSPS) is 17.8. The van der Waals surface area contributed by atoms with Crippen molar-refractivity contribution in [2.75, 3.05) is 11.9 Å². The van der Waals surface area contributed by atoms with Gasteiger partial charge in [-0.3, -0.25) is 9.59 Å². The minimum atomic E-state index is -0.733. The monoisotopic (exact) mass is 472 g/mol. The molecule has 33 heavy (non-hydrogen) atoms.